The Kier molecular flexibility index (Phi) is 6.08. The van der Waals surface area contributed by atoms with Gasteiger partial charge in [0.1, 0.15) is 16.4 Å². The van der Waals surface area contributed by atoms with E-state index in [1.54, 1.807) is 12.1 Å². The first-order valence-electron chi connectivity index (χ1n) is 8.12. The van der Waals surface area contributed by atoms with E-state index >= 15 is 0 Å². The summed E-state index contributed by atoms with van der Waals surface area (Å²) in [6.45, 7) is 6.06. The van der Waals surface area contributed by atoms with Crippen molar-refractivity contribution in [2.24, 2.45) is 0 Å². The average molecular weight is 363 g/mol. The molecule has 2 aromatic carbocycles. The maximum absolute atomic E-state index is 12.8. The fraction of sp³-hybridized carbons (Fsp3) is 0.368. The Bertz CT molecular complexity index is 814. The minimum absolute atomic E-state index is 0.0556. The third-order valence-corrected chi connectivity index (χ3v) is 5.66. The maximum Gasteiger partial charge on any atom is 0.244 e. The molecule has 6 heteroatoms. The predicted octanol–water partition coefficient (Wildman–Crippen LogP) is 3.87. The largest absolute Gasteiger partial charge is 0.497 e. The fourth-order valence-corrected chi connectivity index (χ4v) is 3.94. The van der Waals surface area contributed by atoms with Crippen LogP contribution in [0.15, 0.2) is 47.4 Å². The van der Waals surface area contributed by atoms with Crippen molar-refractivity contribution in [2.45, 2.75) is 37.6 Å². The molecule has 2 rings (SSSR count). The molecule has 0 aliphatic carbocycles. The number of sulfonamides is 1. The van der Waals surface area contributed by atoms with Crippen LogP contribution in [0.4, 0.5) is 0 Å². The van der Waals surface area contributed by atoms with Gasteiger partial charge in [0.15, 0.2) is 0 Å². The van der Waals surface area contributed by atoms with E-state index in [-0.39, 0.29) is 16.7 Å². The van der Waals surface area contributed by atoms with E-state index in [0.29, 0.717) is 11.7 Å². The van der Waals surface area contributed by atoms with Gasteiger partial charge in [-0.3, -0.25) is 0 Å². The van der Waals surface area contributed by atoms with Crippen LogP contribution in [0.5, 0.6) is 11.5 Å². The van der Waals surface area contributed by atoms with Crippen molar-refractivity contribution in [3.63, 3.8) is 0 Å². The summed E-state index contributed by atoms with van der Waals surface area (Å²) in [5.74, 6) is 1.16. The number of rotatable bonds is 7. The molecule has 0 heterocycles. The lowest BCUT2D eigenvalue weighted by molar-refractivity contribution is 0.391. The molecule has 0 bridgehead atoms. The zero-order chi connectivity index (χ0) is 18.6. The van der Waals surface area contributed by atoms with Crippen molar-refractivity contribution in [1.82, 2.24) is 4.72 Å². The Balaban J connectivity index is 2.28. The van der Waals surface area contributed by atoms with Crippen LogP contribution in [0.1, 0.15) is 43.9 Å². The van der Waals surface area contributed by atoms with Crippen LogP contribution in [0.3, 0.4) is 0 Å². The zero-order valence-electron chi connectivity index (χ0n) is 15.2. The highest BCUT2D eigenvalue weighted by Gasteiger charge is 2.23. The topological polar surface area (TPSA) is 64.6 Å². The highest BCUT2D eigenvalue weighted by molar-refractivity contribution is 7.89. The van der Waals surface area contributed by atoms with E-state index in [2.05, 4.69) is 18.6 Å². The van der Waals surface area contributed by atoms with Crippen molar-refractivity contribution in [3.8, 4) is 11.5 Å². The number of benzene rings is 2. The minimum atomic E-state index is -3.76. The molecule has 25 heavy (non-hydrogen) atoms. The first kappa shape index (κ1) is 19.3. The molecule has 2 aromatic rings. The van der Waals surface area contributed by atoms with Gasteiger partial charge in [0.25, 0.3) is 0 Å². The van der Waals surface area contributed by atoms with Crippen LogP contribution >= 0.6 is 0 Å². The van der Waals surface area contributed by atoms with Gasteiger partial charge >= 0.3 is 0 Å². The minimum Gasteiger partial charge on any atom is -0.497 e. The SMILES string of the molecule is COc1ccc(OC)c(S(=O)(=O)NC(C)c2ccc(C(C)C)cc2)c1. The van der Waals surface area contributed by atoms with Crippen molar-refractivity contribution in [1.29, 1.82) is 0 Å². The Morgan fingerprint density at radius 2 is 1.48 bits per heavy atom. The maximum atomic E-state index is 12.8. The molecule has 1 N–H and O–H groups in total. The highest BCUT2D eigenvalue weighted by Crippen LogP contribution is 2.29. The van der Waals surface area contributed by atoms with Gasteiger partial charge in [-0.1, -0.05) is 38.1 Å². The zero-order valence-corrected chi connectivity index (χ0v) is 16.1. The summed E-state index contributed by atoms with van der Waals surface area (Å²) in [4.78, 5) is 0.0556. The molecular formula is C19H25NO4S. The molecule has 0 saturated heterocycles. The summed E-state index contributed by atoms with van der Waals surface area (Å²) in [5, 5.41) is 0. The lowest BCUT2D eigenvalue weighted by atomic mass is 10.00. The fourth-order valence-electron chi connectivity index (χ4n) is 2.53. The lowest BCUT2D eigenvalue weighted by Gasteiger charge is -2.17. The van der Waals surface area contributed by atoms with E-state index < -0.39 is 10.0 Å². The van der Waals surface area contributed by atoms with Gasteiger partial charge in [0, 0.05) is 12.1 Å². The molecule has 136 valence electrons. The quantitative estimate of drug-likeness (QED) is 0.811. The monoisotopic (exact) mass is 363 g/mol. The standard InChI is InChI=1S/C19H25NO4S/c1-13(2)15-6-8-16(9-7-15)14(3)20-25(21,22)19-12-17(23-4)10-11-18(19)24-5/h6-14,20H,1-5H3. The van der Waals surface area contributed by atoms with Gasteiger partial charge < -0.3 is 9.47 Å². The van der Waals surface area contributed by atoms with Crippen molar-refractivity contribution >= 4 is 10.0 Å². The average Bonchev–Trinajstić information content (AvgIpc) is 2.60. The van der Waals surface area contributed by atoms with Crippen LogP contribution in [0.2, 0.25) is 0 Å². The molecule has 0 saturated carbocycles. The van der Waals surface area contributed by atoms with Gasteiger partial charge in [0.2, 0.25) is 10.0 Å². The normalized spacial score (nSPS) is 12.9. The second kappa shape index (κ2) is 7.89. The molecule has 1 unspecified atom stereocenters. The summed E-state index contributed by atoms with van der Waals surface area (Å²) in [6.07, 6.45) is 0. The first-order chi connectivity index (χ1) is 11.8. The third-order valence-electron chi connectivity index (χ3n) is 4.10. The second-order valence-corrected chi connectivity index (χ2v) is 7.86. The number of nitrogens with one attached hydrogen (secondary N) is 1. The van der Waals surface area contributed by atoms with E-state index in [1.165, 1.54) is 25.8 Å². The number of methoxy groups -OCH3 is 2. The van der Waals surface area contributed by atoms with Crippen LogP contribution in [-0.4, -0.2) is 22.6 Å². The Labute approximate surface area is 150 Å². The second-order valence-electron chi connectivity index (χ2n) is 6.18. The molecule has 0 fully saturated rings. The van der Waals surface area contributed by atoms with Gasteiger partial charge in [0.05, 0.1) is 14.2 Å². The van der Waals surface area contributed by atoms with E-state index in [1.807, 2.05) is 31.2 Å². The van der Waals surface area contributed by atoms with E-state index in [9.17, 15) is 8.42 Å². The van der Waals surface area contributed by atoms with Gasteiger partial charge in [-0.05, 0) is 36.1 Å². The summed E-state index contributed by atoms with van der Waals surface area (Å²) in [7, 11) is -0.834. The van der Waals surface area contributed by atoms with Gasteiger partial charge in [-0.25, -0.2) is 13.1 Å². The van der Waals surface area contributed by atoms with E-state index in [0.717, 1.165) is 5.56 Å². The molecule has 0 radical (unpaired) electrons. The predicted molar refractivity (Wildman–Crippen MR) is 98.8 cm³/mol. The molecule has 5 nitrogen and oxygen atoms in total. The highest BCUT2D eigenvalue weighted by atomic mass is 32.2. The molecule has 0 aromatic heterocycles. The van der Waals surface area contributed by atoms with Crippen LogP contribution in [0.25, 0.3) is 0 Å². The Morgan fingerprint density at radius 3 is 2.00 bits per heavy atom. The molecule has 0 spiro atoms. The summed E-state index contributed by atoms with van der Waals surface area (Å²) in [6, 6.07) is 12.3. The van der Waals surface area contributed by atoms with Crippen molar-refractivity contribution < 1.29 is 17.9 Å². The van der Waals surface area contributed by atoms with Crippen molar-refractivity contribution in [3.05, 3.63) is 53.6 Å². The summed E-state index contributed by atoms with van der Waals surface area (Å²) in [5.41, 5.74) is 2.11. The molecule has 0 amide bonds. The number of hydrogen-bond acceptors (Lipinski definition) is 4. The molecule has 1 atom stereocenters. The molecular weight excluding hydrogens is 338 g/mol. The number of hydrogen-bond donors (Lipinski definition) is 1. The molecule has 0 aliphatic heterocycles. The summed E-state index contributed by atoms with van der Waals surface area (Å²) >= 11 is 0. The third kappa shape index (κ3) is 4.52. The number of ether oxygens (including phenoxy) is 2. The smallest absolute Gasteiger partial charge is 0.244 e. The van der Waals surface area contributed by atoms with Crippen LogP contribution in [0, 0.1) is 0 Å². The summed E-state index contributed by atoms with van der Waals surface area (Å²) < 4.78 is 38.6. The Morgan fingerprint density at radius 1 is 0.880 bits per heavy atom. The van der Waals surface area contributed by atoms with Gasteiger partial charge in [-0.2, -0.15) is 0 Å². The lowest BCUT2D eigenvalue weighted by Crippen LogP contribution is -2.27. The van der Waals surface area contributed by atoms with E-state index in [4.69, 9.17) is 9.47 Å². The van der Waals surface area contributed by atoms with Crippen LogP contribution < -0.4 is 14.2 Å². The molecule has 0 aliphatic rings. The van der Waals surface area contributed by atoms with Crippen LogP contribution in [-0.2, 0) is 10.0 Å². The Hall–Kier alpha value is -2.05. The van der Waals surface area contributed by atoms with Gasteiger partial charge in [-0.15, -0.1) is 0 Å². The first-order valence-corrected chi connectivity index (χ1v) is 9.61. The van der Waals surface area contributed by atoms with Crippen molar-refractivity contribution in [2.75, 3.05) is 14.2 Å².